The van der Waals surface area contributed by atoms with Crippen molar-refractivity contribution in [1.29, 1.82) is 0 Å². The van der Waals surface area contributed by atoms with Gasteiger partial charge >= 0.3 is 0 Å². The van der Waals surface area contributed by atoms with E-state index in [-0.39, 0.29) is 0 Å². The van der Waals surface area contributed by atoms with Crippen LogP contribution in [-0.2, 0) is 0 Å². The van der Waals surface area contributed by atoms with E-state index in [9.17, 15) is 5.11 Å². The van der Waals surface area contributed by atoms with E-state index >= 15 is 0 Å². The molecule has 0 aliphatic carbocycles. The summed E-state index contributed by atoms with van der Waals surface area (Å²) in [6.45, 7) is 4.31. The van der Waals surface area contributed by atoms with Crippen LogP contribution in [0.1, 0.15) is 29.9 Å². The van der Waals surface area contributed by atoms with Crippen LogP contribution in [0, 0.1) is 6.92 Å². The number of aromatic hydroxyl groups is 1. The lowest BCUT2D eigenvalue weighted by molar-refractivity contribution is 0.455. The molecule has 1 fully saturated rings. The highest BCUT2D eigenvalue weighted by Crippen LogP contribution is 2.29. The normalized spacial score (nSPS) is 18.4. The summed E-state index contributed by atoms with van der Waals surface area (Å²) < 4.78 is 0. The third-order valence-corrected chi connectivity index (χ3v) is 3.03. The van der Waals surface area contributed by atoms with Gasteiger partial charge in [-0.2, -0.15) is 0 Å². The van der Waals surface area contributed by atoms with Crippen molar-refractivity contribution < 1.29 is 5.11 Å². The molecule has 1 aromatic carbocycles. The van der Waals surface area contributed by atoms with Gasteiger partial charge in [0.2, 0.25) is 0 Å². The van der Waals surface area contributed by atoms with Gasteiger partial charge in [0.25, 0.3) is 0 Å². The van der Waals surface area contributed by atoms with Crippen LogP contribution in [0.3, 0.4) is 0 Å². The lowest BCUT2D eigenvalue weighted by Gasteiger charge is -2.24. The van der Waals surface area contributed by atoms with Gasteiger partial charge in [-0.1, -0.05) is 6.07 Å². The van der Waals surface area contributed by atoms with Gasteiger partial charge in [0.1, 0.15) is 5.75 Å². The summed E-state index contributed by atoms with van der Waals surface area (Å²) in [4.78, 5) is 0. The predicted octanol–water partition coefficient (Wildman–Crippen LogP) is 2.17. The van der Waals surface area contributed by atoms with Crippen molar-refractivity contribution in [3.8, 4) is 5.75 Å². The zero-order chi connectivity index (χ0) is 9.97. The first kappa shape index (κ1) is 9.53. The summed E-state index contributed by atoms with van der Waals surface area (Å²) in [5, 5.41) is 12.7. The van der Waals surface area contributed by atoms with Gasteiger partial charge in [0, 0.05) is 0 Å². The second-order valence-corrected chi connectivity index (χ2v) is 4.07. The molecule has 1 aromatic rings. The van der Waals surface area contributed by atoms with Gasteiger partial charge in [-0.05, 0) is 62.0 Å². The minimum atomic E-state index is 0.375. The van der Waals surface area contributed by atoms with Crippen LogP contribution < -0.4 is 5.32 Å². The average molecular weight is 191 g/mol. The molecule has 2 nitrogen and oxygen atoms in total. The Labute approximate surface area is 85.0 Å². The van der Waals surface area contributed by atoms with Gasteiger partial charge in [-0.25, -0.2) is 0 Å². The molecule has 76 valence electrons. The maximum atomic E-state index is 9.32. The van der Waals surface area contributed by atoms with E-state index in [1.54, 1.807) is 6.07 Å². The van der Waals surface area contributed by atoms with Crippen molar-refractivity contribution in [2.45, 2.75) is 25.7 Å². The molecule has 1 aliphatic heterocycles. The number of rotatable bonds is 1. The number of phenols is 1. The lowest BCUT2D eigenvalue weighted by atomic mass is 9.87. The van der Waals surface area contributed by atoms with Gasteiger partial charge in [0.15, 0.2) is 0 Å². The fourth-order valence-electron chi connectivity index (χ4n) is 2.25. The smallest absolute Gasteiger partial charge is 0.115 e. The van der Waals surface area contributed by atoms with Gasteiger partial charge in [-0.15, -0.1) is 0 Å². The lowest BCUT2D eigenvalue weighted by Crippen LogP contribution is -2.26. The van der Waals surface area contributed by atoms with Crippen LogP contribution >= 0.6 is 0 Å². The predicted molar refractivity (Wildman–Crippen MR) is 57.7 cm³/mol. The number of benzene rings is 1. The van der Waals surface area contributed by atoms with Crippen LogP contribution in [0.25, 0.3) is 0 Å². The number of nitrogens with one attached hydrogen (secondary N) is 1. The third-order valence-electron chi connectivity index (χ3n) is 3.03. The highest BCUT2D eigenvalue weighted by Gasteiger charge is 2.16. The number of aryl methyl sites for hydroxylation is 1. The van der Waals surface area contributed by atoms with E-state index < -0.39 is 0 Å². The molecule has 14 heavy (non-hydrogen) atoms. The first-order valence-electron chi connectivity index (χ1n) is 5.27. The van der Waals surface area contributed by atoms with Crippen LogP contribution in [0.2, 0.25) is 0 Å². The second kappa shape index (κ2) is 4.01. The maximum Gasteiger partial charge on any atom is 0.115 e. The average Bonchev–Trinajstić information content (AvgIpc) is 2.19. The molecule has 1 aliphatic rings. The van der Waals surface area contributed by atoms with Gasteiger partial charge in [0.05, 0.1) is 0 Å². The zero-order valence-corrected chi connectivity index (χ0v) is 8.59. The summed E-state index contributed by atoms with van der Waals surface area (Å²) >= 11 is 0. The SMILES string of the molecule is Cc1cc(O)ccc1C1CCNCC1. The van der Waals surface area contributed by atoms with Crippen molar-refractivity contribution in [3.05, 3.63) is 29.3 Å². The fraction of sp³-hybridized carbons (Fsp3) is 0.500. The van der Waals surface area contributed by atoms with Crippen LogP contribution in [0.15, 0.2) is 18.2 Å². The van der Waals surface area contributed by atoms with Crippen molar-refractivity contribution in [1.82, 2.24) is 5.32 Å². The van der Waals surface area contributed by atoms with E-state index in [1.807, 2.05) is 6.07 Å². The van der Waals surface area contributed by atoms with E-state index in [1.165, 1.54) is 24.0 Å². The van der Waals surface area contributed by atoms with E-state index in [0.29, 0.717) is 11.7 Å². The first-order chi connectivity index (χ1) is 6.77. The summed E-state index contributed by atoms with van der Waals surface area (Å²) in [7, 11) is 0. The molecule has 2 N–H and O–H groups in total. The van der Waals surface area contributed by atoms with E-state index in [0.717, 1.165) is 13.1 Å². The fourth-order valence-corrected chi connectivity index (χ4v) is 2.25. The topological polar surface area (TPSA) is 32.3 Å². The highest BCUT2D eigenvalue weighted by atomic mass is 16.3. The minimum absolute atomic E-state index is 0.375. The van der Waals surface area contributed by atoms with E-state index in [4.69, 9.17) is 0 Å². The molecule has 2 rings (SSSR count). The van der Waals surface area contributed by atoms with Crippen LogP contribution in [-0.4, -0.2) is 18.2 Å². The zero-order valence-electron chi connectivity index (χ0n) is 8.59. The maximum absolute atomic E-state index is 9.32. The number of hydrogen-bond acceptors (Lipinski definition) is 2. The van der Waals surface area contributed by atoms with Gasteiger partial charge < -0.3 is 10.4 Å². The Morgan fingerprint density at radius 1 is 1.29 bits per heavy atom. The largest absolute Gasteiger partial charge is 0.508 e. The van der Waals surface area contributed by atoms with Gasteiger partial charge in [-0.3, -0.25) is 0 Å². The number of piperidine rings is 1. The van der Waals surface area contributed by atoms with Crippen molar-refractivity contribution in [3.63, 3.8) is 0 Å². The molecule has 0 unspecified atom stereocenters. The van der Waals surface area contributed by atoms with Crippen molar-refractivity contribution in [2.75, 3.05) is 13.1 Å². The monoisotopic (exact) mass is 191 g/mol. The molecule has 0 radical (unpaired) electrons. The Bertz CT molecular complexity index is 316. The molecular formula is C12H17NO. The molecule has 0 bridgehead atoms. The molecule has 1 heterocycles. The Kier molecular flexibility index (Phi) is 2.73. The standard InChI is InChI=1S/C12H17NO/c1-9-8-11(14)2-3-12(9)10-4-6-13-7-5-10/h2-3,8,10,13-14H,4-7H2,1H3. The third kappa shape index (κ3) is 1.90. The number of phenolic OH excluding ortho intramolecular Hbond substituents is 1. The summed E-state index contributed by atoms with van der Waals surface area (Å²) in [6.07, 6.45) is 2.43. The highest BCUT2D eigenvalue weighted by molar-refractivity contribution is 5.36. The van der Waals surface area contributed by atoms with Crippen molar-refractivity contribution in [2.24, 2.45) is 0 Å². The minimum Gasteiger partial charge on any atom is -0.508 e. The Balaban J connectivity index is 2.22. The molecule has 0 amide bonds. The molecule has 2 heteroatoms. The molecule has 0 atom stereocenters. The quantitative estimate of drug-likeness (QED) is 0.713. The number of hydrogen-bond donors (Lipinski definition) is 2. The summed E-state index contributed by atoms with van der Waals surface area (Å²) in [5.74, 6) is 1.05. The summed E-state index contributed by atoms with van der Waals surface area (Å²) in [5.41, 5.74) is 2.63. The molecule has 0 saturated carbocycles. The molecule has 1 saturated heterocycles. The molecular weight excluding hydrogens is 174 g/mol. The second-order valence-electron chi connectivity index (χ2n) is 4.07. The summed E-state index contributed by atoms with van der Waals surface area (Å²) in [6, 6.07) is 5.72. The Morgan fingerprint density at radius 2 is 2.00 bits per heavy atom. The van der Waals surface area contributed by atoms with Crippen LogP contribution in [0.5, 0.6) is 5.75 Å². The van der Waals surface area contributed by atoms with Crippen LogP contribution in [0.4, 0.5) is 0 Å². The van der Waals surface area contributed by atoms with E-state index in [2.05, 4.69) is 18.3 Å². The first-order valence-corrected chi connectivity index (χ1v) is 5.27. The Morgan fingerprint density at radius 3 is 2.64 bits per heavy atom. The molecule has 0 spiro atoms. The Hall–Kier alpha value is -1.02. The molecule has 0 aromatic heterocycles. The van der Waals surface area contributed by atoms with Crippen molar-refractivity contribution >= 4 is 0 Å².